The summed E-state index contributed by atoms with van der Waals surface area (Å²) in [6, 6.07) is 0. The molecule has 0 bridgehead atoms. The molecule has 0 saturated carbocycles. The van der Waals surface area contributed by atoms with Gasteiger partial charge in [0.15, 0.2) is 0 Å². The van der Waals surface area contributed by atoms with Gasteiger partial charge in [0.1, 0.15) is 12.2 Å². The van der Waals surface area contributed by atoms with Gasteiger partial charge in [-0.1, -0.05) is 199 Å². The standard InChI is InChI=1S/C47H91O10P/c1-3-5-7-9-11-13-15-17-18-19-20-21-22-23-24-25-26-27-29-31-33-35-37-39-47(51)57-45(41-49)43-55-58(52,53)54-42-44(40-48)56-46(50)38-36-34-32-30-28-16-14-12-10-8-6-4-2/h12,14,44-45,48-49H,3-11,13,15-43H2,1-2H3,(H,52,53)/b14-12-. The monoisotopic (exact) mass is 847 g/mol. The minimum absolute atomic E-state index is 0.185. The summed E-state index contributed by atoms with van der Waals surface area (Å²) in [4.78, 5) is 34.5. The van der Waals surface area contributed by atoms with Crippen molar-refractivity contribution < 1.29 is 47.8 Å². The Morgan fingerprint density at radius 2 is 0.707 bits per heavy atom. The fourth-order valence-electron chi connectivity index (χ4n) is 6.99. The van der Waals surface area contributed by atoms with Gasteiger partial charge in [-0.25, -0.2) is 4.57 Å². The molecule has 0 spiro atoms. The van der Waals surface area contributed by atoms with E-state index in [4.69, 9.17) is 18.5 Å². The van der Waals surface area contributed by atoms with Crippen LogP contribution < -0.4 is 0 Å². The van der Waals surface area contributed by atoms with Gasteiger partial charge in [-0.3, -0.25) is 18.6 Å². The number of carbonyl (C=O) groups excluding carboxylic acids is 2. The number of aliphatic hydroxyl groups is 2. The maximum Gasteiger partial charge on any atom is 0.472 e. The minimum atomic E-state index is -4.63. The number of hydrogen-bond acceptors (Lipinski definition) is 9. The van der Waals surface area contributed by atoms with Crippen LogP contribution in [0.4, 0.5) is 0 Å². The van der Waals surface area contributed by atoms with Gasteiger partial charge in [0.2, 0.25) is 0 Å². The molecule has 58 heavy (non-hydrogen) atoms. The van der Waals surface area contributed by atoms with Crippen molar-refractivity contribution in [3.05, 3.63) is 12.2 Å². The third-order valence-electron chi connectivity index (χ3n) is 10.7. The topological polar surface area (TPSA) is 149 Å². The summed E-state index contributed by atoms with van der Waals surface area (Å²) in [5.74, 6) is -1.02. The van der Waals surface area contributed by atoms with E-state index in [1.807, 2.05) is 0 Å². The number of unbranched alkanes of at least 4 members (excludes halogenated alkanes) is 30. The number of carbonyl (C=O) groups is 2. The lowest BCUT2D eigenvalue weighted by atomic mass is 10.0. The van der Waals surface area contributed by atoms with Crippen molar-refractivity contribution in [1.29, 1.82) is 0 Å². The molecular formula is C47H91O10P. The lowest BCUT2D eigenvalue weighted by molar-refractivity contribution is -0.153. The number of hydrogen-bond donors (Lipinski definition) is 3. The van der Waals surface area contributed by atoms with Crippen molar-refractivity contribution in [2.75, 3.05) is 26.4 Å². The Kier molecular flexibility index (Phi) is 42.8. The number of ether oxygens (including phenoxy) is 2. The molecule has 0 rings (SSSR count). The number of phosphoric acid groups is 1. The smallest absolute Gasteiger partial charge is 0.457 e. The van der Waals surface area contributed by atoms with Crippen molar-refractivity contribution in [2.45, 2.75) is 251 Å². The molecule has 0 aromatic heterocycles. The van der Waals surface area contributed by atoms with Crippen LogP contribution in [0.1, 0.15) is 239 Å². The molecule has 3 unspecified atom stereocenters. The van der Waals surface area contributed by atoms with Crippen LogP contribution in [0.15, 0.2) is 12.2 Å². The molecule has 0 aromatic rings. The van der Waals surface area contributed by atoms with Gasteiger partial charge in [0, 0.05) is 12.8 Å². The van der Waals surface area contributed by atoms with E-state index in [-0.39, 0.29) is 12.8 Å². The predicted octanol–water partition coefficient (Wildman–Crippen LogP) is 13.2. The first-order valence-electron chi connectivity index (χ1n) is 24.1. The molecule has 0 aliphatic rings. The van der Waals surface area contributed by atoms with E-state index < -0.39 is 58.4 Å². The van der Waals surface area contributed by atoms with Gasteiger partial charge >= 0.3 is 19.8 Å². The minimum Gasteiger partial charge on any atom is -0.457 e. The second-order valence-electron chi connectivity index (χ2n) is 16.5. The Morgan fingerprint density at radius 3 is 1.02 bits per heavy atom. The van der Waals surface area contributed by atoms with Crippen LogP contribution in [-0.4, -0.2) is 65.7 Å². The van der Waals surface area contributed by atoms with Gasteiger partial charge in [0.25, 0.3) is 0 Å². The van der Waals surface area contributed by atoms with Crippen LogP contribution in [-0.2, 0) is 32.7 Å². The van der Waals surface area contributed by atoms with Crippen molar-refractivity contribution in [1.82, 2.24) is 0 Å². The molecule has 3 N–H and O–H groups in total. The van der Waals surface area contributed by atoms with E-state index in [0.717, 1.165) is 57.8 Å². The summed E-state index contributed by atoms with van der Waals surface area (Å²) in [5, 5.41) is 19.2. The van der Waals surface area contributed by atoms with E-state index in [1.165, 1.54) is 141 Å². The van der Waals surface area contributed by atoms with Crippen LogP contribution in [0.5, 0.6) is 0 Å². The SMILES string of the molecule is CCCCC/C=C\CCCCCCCC(=O)OC(CO)COP(=O)(O)OCC(CO)OC(=O)CCCCCCCCCCCCCCCCCCCCCCCCC. The lowest BCUT2D eigenvalue weighted by Gasteiger charge is -2.20. The molecule has 0 aliphatic carbocycles. The largest absolute Gasteiger partial charge is 0.472 e. The Bertz CT molecular complexity index is 977. The van der Waals surface area contributed by atoms with Crippen molar-refractivity contribution in [3.63, 3.8) is 0 Å². The predicted molar refractivity (Wildman–Crippen MR) is 238 cm³/mol. The summed E-state index contributed by atoms with van der Waals surface area (Å²) < 4.78 is 32.6. The maximum atomic E-state index is 12.4. The zero-order valence-corrected chi connectivity index (χ0v) is 38.4. The average Bonchev–Trinajstić information content (AvgIpc) is 3.21. The first-order valence-corrected chi connectivity index (χ1v) is 25.6. The van der Waals surface area contributed by atoms with Gasteiger partial charge in [0.05, 0.1) is 26.4 Å². The molecule has 0 saturated heterocycles. The molecule has 344 valence electrons. The Hall–Kier alpha value is -1.29. The van der Waals surface area contributed by atoms with E-state index in [0.29, 0.717) is 12.8 Å². The highest BCUT2D eigenvalue weighted by atomic mass is 31.2. The van der Waals surface area contributed by atoms with Gasteiger partial charge < -0.3 is 24.6 Å². The average molecular weight is 847 g/mol. The summed E-state index contributed by atoms with van der Waals surface area (Å²) in [6.07, 6.45) is 43.4. The Morgan fingerprint density at radius 1 is 0.448 bits per heavy atom. The number of rotatable bonds is 46. The molecule has 0 heterocycles. The second-order valence-corrected chi connectivity index (χ2v) is 17.9. The Balaban J connectivity index is 3.79. The number of phosphoric ester groups is 1. The number of esters is 2. The fraction of sp³-hybridized carbons (Fsp3) is 0.915. The highest BCUT2D eigenvalue weighted by Gasteiger charge is 2.27. The summed E-state index contributed by atoms with van der Waals surface area (Å²) in [7, 11) is -4.63. The van der Waals surface area contributed by atoms with Crippen LogP contribution in [0.2, 0.25) is 0 Å². The molecule has 0 fully saturated rings. The van der Waals surface area contributed by atoms with Crippen molar-refractivity contribution in [2.24, 2.45) is 0 Å². The lowest BCUT2D eigenvalue weighted by Crippen LogP contribution is -2.28. The molecule has 10 nitrogen and oxygen atoms in total. The molecule has 3 atom stereocenters. The molecular weight excluding hydrogens is 755 g/mol. The van der Waals surface area contributed by atoms with Crippen LogP contribution >= 0.6 is 7.82 Å². The van der Waals surface area contributed by atoms with Crippen molar-refractivity contribution in [3.8, 4) is 0 Å². The Labute approximate surface area is 356 Å². The molecule has 0 aliphatic heterocycles. The number of allylic oxidation sites excluding steroid dienone is 2. The summed E-state index contributed by atoms with van der Waals surface area (Å²) in [5.41, 5.74) is 0. The van der Waals surface area contributed by atoms with E-state index in [2.05, 4.69) is 26.0 Å². The molecule has 0 amide bonds. The van der Waals surface area contributed by atoms with E-state index >= 15 is 0 Å². The van der Waals surface area contributed by atoms with Crippen molar-refractivity contribution >= 4 is 19.8 Å². The normalized spacial score (nSPS) is 13.8. The maximum absolute atomic E-state index is 12.4. The summed E-state index contributed by atoms with van der Waals surface area (Å²) in [6.45, 7) is 2.21. The second kappa shape index (κ2) is 43.8. The fourth-order valence-corrected chi connectivity index (χ4v) is 7.78. The molecule has 11 heteroatoms. The third kappa shape index (κ3) is 41.4. The third-order valence-corrected chi connectivity index (χ3v) is 11.7. The summed E-state index contributed by atoms with van der Waals surface area (Å²) >= 11 is 0. The zero-order valence-electron chi connectivity index (χ0n) is 37.5. The van der Waals surface area contributed by atoms with Gasteiger partial charge in [-0.15, -0.1) is 0 Å². The van der Waals surface area contributed by atoms with E-state index in [1.54, 1.807) is 0 Å². The number of aliphatic hydroxyl groups excluding tert-OH is 2. The van der Waals surface area contributed by atoms with Crippen LogP contribution in [0, 0.1) is 0 Å². The molecule has 0 aromatic carbocycles. The zero-order chi connectivity index (χ0) is 42.6. The van der Waals surface area contributed by atoms with Gasteiger partial charge in [-0.05, 0) is 38.5 Å². The van der Waals surface area contributed by atoms with E-state index in [9.17, 15) is 29.3 Å². The molecule has 0 radical (unpaired) electrons. The highest BCUT2D eigenvalue weighted by Crippen LogP contribution is 2.43. The quantitative estimate of drug-likeness (QED) is 0.0234. The van der Waals surface area contributed by atoms with Crippen LogP contribution in [0.3, 0.4) is 0 Å². The first-order chi connectivity index (χ1) is 28.3. The van der Waals surface area contributed by atoms with Gasteiger partial charge in [-0.2, -0.15) is 0 Å². The highest BCUT2D eigenvalue weighted by molar-refractivity contribution is 7.47. The first kappa shape index (κ1) is 56.7. The van der Waals surface area contributed by atoms with Crippen LogP contribution in [0.25, 0.3) is 0 Å².